The lowest BCUT2D eigenvalue weighted by atomic mass is 10.2. The number of rotatable bonds is 6. The average Bonchev–Trinajstić information content (AvgIpc) is 2.29. The summed E-state index contributed by atoms with van der Waals surface area (Å²) >= 11 is 3.17. The van der Waals surface area contributed by atoms with Gasteiger partial charge in [-0.1, -0.05) is 0 Å². The molecule has 1 rings (SSSR count). The van der Waals surface area contributed by atoms with E-state index in [1.54, 1.807) is 13.2 Å². The number of hydrogen-bond donors (Lipinski definition) is 1. The molecule has 0 aliphatic carbocycles. The predicted molar refractivity (Wildman–Crippen MR) is 65.0 cm³/mol. The fraction of sp³-hybridized carbons (Fsp3) is 0.364. The van der Waals surface area contributed by atoms with E-state index in [2.05, 4.69) is 15.9 Å². The summed E-state index contributed by atoms with van der Waals surface area (Å²) in [4.78, 5) is 10.9. The van der Waals surface area contributed by atoms with E-state index in [1.165, 1.54) is 13.2 Å². The molecule has 1 aromatic carbocycles. The zero-order valence-corrected chi connectivity index (χ0v) is 11.1. The van der Waals surface area contributed by atoms with Crippen molar-refractivity contribution >= 4 is 21.9 Å². The number of carboxylic acid groups (broad SMARTS) is 1. The quantitative estimate of drug-likeness (QED) is 0.816. The van der Waals surface area contributed by atoms with Crippen molar-refractivity contribution in [2.75, 3.05) is 27.4 Å². The fourth-order valence-corrected chi connectivity index (χ4v) is 1.70. The van der Waals surface area contributed by atoms with E-state index >= 15 is 0 Å². The van der Waals surface area contributed by atoms with Gasteiger partial charge in [0.05, 0.1) is 19.3 Å². The standard InChI is InChI=1S/C11H13BrO5/c1-15-3-4-17-10-6-8(12)7(11(13)14)5-9(10)16-2/h5-6H,3-4H2,1-2H3,(H,13,14). The number of methoxy groups -OCH3 is 2. The first-order valence-electron chi connectivity index (χ1n) is 4.82. The molecular formula is C11H13BrO5. The first kappa shape index (κ1) is 13.8. The second-order valence-electron chi connectivity index (χ2n) is 3.13. The normalized spacial score (nSPS) is 10.1. The summed E-state index contributed by atoms with van der Waals surface area (Å²) < 4.78 is 15.8. The molecule has 0 spiro atoms. The predicted octanol–water partition coefficient (Wildman–Crippen LogP) is 2.18. The largest absolute Gasteiger partial charge is 0.493 e. The molecule has 0 amide bonds. The zero-order valence-electron chi connectivity index (χ0n) is 9.53. The van der Waals surface area contributed by atoms with E-state index in [0.717, 1.165) is 0 Å². The summed E-state index contributed by atoms with van der Waals surface area (Å²) in [7, 11) is 3.03. The minimum atomic E-state index is -1.03. The molecule has 6 heteroatoms. The van der Waals surface area contributed by atoms with Gasteiger partial charge in [0.1, 0.15) is 6.61 Å². The monoisotopic (exact) mass is 304 g/mol. The summed E-state index contributed by atoms with van der Waals surface area (Å²) in [6, 6.07) is 2.98. The maximum absolute atomic E-state index is 10.9. The van der Waals surface area contributed by atoms with E-state index < -0.39 is 5.97 Å². The van der Waals surface area contributed by atoms with Gasteiger partial charge in [0.25, 0.3) is 0 Å². The second kappa shape index (κ2) is 6.46. The molecule has 0 bridgehead atoms. The molecule has 94 valence electrons. The molecule has 0 heterocycles. The molecule has 0 aliphatic heterocycles. The van der Waals surface area contributed by atoms with Crippen LogP contribution in [0.15, 0.2) is 16.6 Å². The fourth-order valence-electron chi connectivity index (χ4n) is 1.21. The lowest BCUT2D eigenvalue weighted by Crippen LogP contribution is -2.06. The second-order valence-corrected chi connectivity index (χ2v) is 3.98. The van der Waals surface area contributed by atoms with Crippen molar-refractivity contribution < 1.29 is 24.1 Å². The summed E-state index contributed by atoms with van der Waals surface area (Å²) in [5.41, 5.74) is 0.126. The molecule has 1 aromatic rings. The van der Waals surface area contributed by atoms with Gasteiger partial charge in [-0.25, -0.2) is 4.79 Å². The molecule has 1 N–H and O–H groups in total. The summed E-state index contributed by atoms with van der Waals surface area (Å²) in [5, 5.41) is 8.94. The van der Waals surface area contributed by atoms with Gasteiger partial charge in [0.15, 0.2) is 11.5 Å². The number of aromatic carboxylic acids is 1. The number of halogens is 1. The van der Waals surface area contributed by atoms with Crippen LogP contribution in [0, 0.1) is 0 Å². The number of carbonyl (C=O) groups is 1. The van der Waals surface area contributed by atoms with Gasteiger partial charge in [-0.15, -0.1) is 0 Å². The van der Waals surface area contributed by atoms with E-state index in [9.17, 15) is 4.79 Å². The lowest BCUT2D eigenvalue weighted by Gasteiger charge is -2.12. The van der Waals surface area contributed by atoms with E-state index in [0.29, 0.717) is 29.2 Å². The van der Waals surface area contributed by atoms with Crippen molar-refractivity contribution in [3.8, 4) is 11.5 Å². The highest BCUT2D eigenvalue weighted by Gasteiger charge is 2.14. The summed E-state index contributed by atoms with van der Waals surface area (Å²) in [5.74, 6) is -0.179. The van der Waals surface area contributed by atoms with Crippen LogP contribution in [0.2, 0.25) is 0 Å². The molecule has 0 saturated heterocycles. The molecule has 0 aliphatic rings. The first-order chi connectivity index (χ1) is 8.10. The molecule has 0 unspecified atom stereocenters. The van der Waals surface area contributed by atoms with Crippen molar-refractivity contribution in [1.29, 1.82) is 0 Å². The Morgan fingerprint density at radius 2 is 2.00 bits per heavy atom. The van der Waals surface area contributed by atoms with Crippen molar-refractivity contribution in [2.24, 2.45) is 0 Å². The number of ether oxygens (including phenoxy) is 3. The van der Waals surface area contributed by atoms with Crippen LogP contribution in [0.5, 0.6) is 11.5 Å². The number of carboxylic acids is 1. The van der Waals surface area contributed by atoms with Crippen LogP contribution in [0.4, 0.5) is 0 Å². The Labute approximate surface area is 107 Å². The van der Waals surface area contributed by atoms with E-state index in [1.807, 2.05) is 0 Å². The molecule has 0 radical (unpaired) electrons. The van der Waals surface area contributed by atoms with Gasteiger partial charge in [-0.05, 0) is 28.1 Å². The number of hydrogen-bond acceptors (Lipinski definition) is 4. The van der Waals surface area contributed by atoms with Crippen LogP contribution in [0.1, 0.15) is 10.4 Å². The molecule has 0 atom stereocenters. The Morgan fingerprint density at radius 3 is 2.53 bits per heavy atom. The topological polar surface area (TPSA) is 65.0 Å². The summed E-state index contributed by atoms with van der Waals surface area (Å²) in [6.45, 7) is 0.813. The lowest BCUT2D eigenvalue weighted by molar-refractivity contribution is 0.0695. The van der Waals surface area contributed by atoms with Crippen LogP contribution < -0.4 is 9.47 Å². The minimum absolute atomic E-state index is 0.126. The maximum atomic E-state index is 10.9. The zero-order chi connectivity index (χ0) is 12.8. The molecular weight excluding hydrogens is 292 g/mol. The Hall–Kier alpha value is -1.27. The third kappa shape index (κ3) is 3.61. The third-order valence-corrected chi connectivity index (χ3v) is 2.68. The van der Waals surface area contributed by atoms with Gasteiger partial charge < -0.3 is 19.3 Å². The highest BCUT2D eigenvalue weighted by atomic mass is 79.9. The number of benzene rings is 1. The Bertz CT molecular complexity index is 405. The van der Waals surface area contributed by atoms with Crippen molar-refractivity contribution in [3.05, 3.63) is 22.2 Å². The molecule has 5 nitrogen and oxygen atoms in total. The highest BCUT2D eigenvalue weighted by molar-refractivity contribution is 9.10. The Balaban J connectivity index is 2.97. The molecule has 0 fully saturated rings. The Morgan fingerprint density at radius 1 is 1.29 bits per heavy atom. The average molecular weight is 305 g/mol. The van der Waals surface area contributed by atoms with Crippen LogP contribution in [0.3, 0.4) is 0 Å². The van der Waals surface area contributed by atoms with E-state index in [-0.39, 0.29) is 5.56 Å². The third-order valence-electron chi connectivity index (χ3n) is 2.03. The maximum Gasteiger partial charge on any atom is 0.336 e. The van der Waals surface area contributed by atoms with Gasteiger partial charge in [-0.3, -0.25) is 0 Å². The molecule has 0 saturated carbocycles. The van der Waals surface area contributed by atoms with Gasteiger partial charge in [0, 0.05) is 11.6 Å². The SMILES string of the molecule is COCCOc1cc(Br)c(C(=O)O)cc1OC. The van der Waals surface area contributed by atoms with Gasteiger partial charge in [-0.2, -0.15) is 0 Å². The summed E-state index contributed by atoms with van der Waals surface area (Å²) in [6.07, 6.45) is 0. The highest BCUT2D eigenvalue weighted by Crippen LogP contribution is 2.33. The van der Waals surface area contributed by atoms with Crippen molar-refractivity contribution in [2.45, 2.75) is 0 Å². The van der Waals surface area contributed by atoms with Crippen LogP contribution in [0.25, 0.3) is 0 Å². The molecule has 0 aromatic heterocycles. The van der Waals surface area contributed by atoms with Crippen molar-refractivity contribution in [3.63, 3.8) is 0 Å². The van der Waals surface area contributed by atoms with Gasteiger partial charge >= 0.3 is 5.97 Å². The minimum Gasteiger partial charge on any atom is -0.493 e. The first-order valence-corrected chi connectivity index (χ1v) is 5.62. The Kier molecular flexibility index (Phi) is 5.24. The molecule has 17 heavy (non-hydrogen) atoms. The van der Waals surface area contributed by atoms with E-state index in [4.69, 9.17) is 19.3 Å². The van der Waals surface area contributed by atoms with Crippen LogP contribution in [-0.2, 0) is 4.74 Å². The van der Waals surface area contributed by atoms with Gasteiger partial charge in [0.2, 0.25) is 0 Å². The van der Waals surface area contributed by atoms with Crippen molar-refractivity contribution in [1.82, 2.24) is 0 Å². The van der Waals surface area contributed by atoms with Crippen LogP contribution >= 0.6 is 15.9 Å². The smallest absolute Gasteiger partial charge is 0.336 e. The van der Waals surface area contributed by atoms with Crippen LogP contribution in [-0.4, -0.2) is 38.5 Å².